The third-order valence-electron chi connectivity index (χ3n) is 2.74. The van der Waals surface area contributed by atoms with Gasteiger partial charge < -0.3 is 9.47 Å². The first-order chi connectivity index (χ1) is 8.13. The zero-order valence-electron chi connectivity index (χ0n) is 10.7. The van der Waals surface area contributed by atoms with Crippen molar-refractivity contribution >= 4 is 10.9 Å². The molecule has 0 aliphatic carbocycles. The average molecular weight is 234 g/mol. The summed E-state index contributed by atoms with van der Waals surface area (Å²) < 4.78 is 12.3. The van der Waals surface area contributed by atoms with Crippen molar-refractivity contribution in [2.24, 2.45) is 7.05 Å². The lowest BCUT2D eigenvalue weighted by atomic mass is 9.99. The molecule has 0 atom stereocenters. The summed E-state index contributed by atoms with van der Waals surface area (Å²) in [7, 11) is 3.53. The Morgan fingerprint density at radius 3 is 2.76 bits per heavy atom. The van der Waals surface area contributed by atoms with E-state index in [-0.39, 0.29) is 6.79 Å². The number of aromatic nitrogens is 2. The molecule has 1 heterocycles. The normalized spacial score (nSPS) is 11.4. The lowest BCUT2D eigenvalue weighted by Crippen LogP contribution is -2.00. The Morgan fingerprint density at radius 2 is 2.12 bits per heavy atom. The standard InChI is InChI=1S/C13H18N2O2/c1-9(2)10-5-6-12(17-8-16-4)13-11(10)7-15(3)14-13/h5-7,9H,8H2,1-4H3. The number of benzene rings is 1. The summed E-state index contributed by atoms with van der Waals surface area (Å²) in [5, 5.41) is 5.59. The Bertz CT molecular complexity index is 517. The fraction of sp³-hybridized carbons (Fsp3) is 0.462. The Balaban J connectivity index is 2.53. The van der Waals surface area contributed by atoms with Crippen molar-refractivity contribution in [2.45, 2.75) is 19.8 Å². The second-order valence-corrected chi connectivity index (χ2v) is 4.42. The minimum Gasteiger partial charge on any atom is -0.465 e. The molecular weight excluding hydrogens is 216 g/mol. The van der Waals surface area contributed by atoms with E-state index in [1.54, 1.807) is 7.11 Å². The number of hydrogen-bond donors (Lipinski definition) is 0. The zero-order valence-corrected chi connectivity index (χ0v) is 10.7. The number of aryl methyl sites for hydroxylation is 1. The molecule has 92 valence electrons. The van der Waals surface area contributed by atoms with E-state index in [9.17, 15) is 0 Å². The van der Waals surface area contributed by atoms with Crippen LogP contribution < -0.4 is 4.74 Å². The van der Waals surface area contributed by atoms with E-state index in [4.69, 9.17) is 9.47 Å². The number of rotatable bonds is 4. The van der Waals surface area contributed by atoms with Gasteiger partial charge in [-0.2, -0.15) is 5.10 Å². The minimum atomic E-state index is 0.243. The molecule has 0 saturated heterocycles. The second-order valence-electron chi connectivity index (χ2n) is 4.42. The van der Waals surface area contributed by atoms with Crippen molar-refractivity contribution in [3.8, 4) is 5.75 Å². The van der Waals surface area contributed by atoms with Gasteiger partial charge in [-0.1, -0.05) is 19.9 Å². The van der Waals surface area contributed by atoms with Crippen LogP contribution in [0.4, 0.5) is 0 Å². The van der Waals surface area contributed by atoms with Gasteiger partial charge in [-0.05, 0) is 17.5 Å². The summed E-state index contributed by atoms with van der Waals surface area (Å²) in [4.78, 5) is 0. The maximum Gasteiger partial charge on any atom is 0.188 e. The van der Waals surface area contributed by atoms with E-state index in [0.29, 0.717) is 5.92 Å². The Hall–Kier alpha value is -1.55. The van der Waals surface area contributed by atoms with E-state index >= 15 is 0 Å². The molecule has 2 aromatic rings. The fourth-order valence-corrected chi connectivity index (χ4v) is 1.96. The van der Waals surface area contributed by atoms with Crippen molar-refractivity contribution in [1.29, 1.82) is 0 Å². The Labute approximate surface area is 101 Å². The molecule has 0 amide bonds. The van der Waals surface area contributed by atoms with Gasteiger partial charge in [-0.3, -0.25) is 4.68 Å². The number of ether oxygens (including phenoxy) is 2. The second kappa shape index (κ2) is 4.75. The molecule has 0 bridgehead atoms. The van der Waals surface area contributed by atoms with Crippen LogP contribution in [0.15, 0.2) is 18.3 Å². The quantitative estimate of drug-likeness (QED) is 0.763. The van der Waals surface area contributed by atoms with Crippen LogP contribution in [0.25, 0.3) is 10.9 Å². The highest BCUT2D eigenvalue weighted by Gasteiger charge is 2.12. The van der Waals surface area contributed by atoms with Gasteiger partial charge in [-0.25, -0.2) is 0 Å². The van der Waals surface area contributed by atoms with Gasteiger partial charge in [0.25, 0.3) is 0 Å². The fourth-order valence-electron chi connectivity index (χ4n) is 1.96. The van der Waals surface area contributed by atoms with Gasteiger partial charge in [0.2, 0.25) is 0 Å². The average Bonchev–Trinajstić information content (AvgIpc) is 2.66. The minimum absolute atomic E-state index is 0.243. The van der Waals surface area contributed by atoms with Crippen LogP contribution in [0.3, 0.4) is 0 Å². The molecule has 1 aromatic heterocycles. The van der Waals surface area contributed by atoms with E-state index in [2.05, 4.69) is 25.0 Å². The predicted molar refractivity (Wildman–Crippen MR) is 67.3 cm³/mol. The molecule has 0 saturated carbocycles. The van der Waals surface area contributed by atoms with Crippen LogP contribution in [0, 0.1) is 0 Å². The summed E-state index contributed by atoms with van der Waals surface area (Å²) >= 11 is 0. The van der Waals surface area contributed by atoms with Gasteiger partial charge in [0, 0.05) is 25.7 Å². The topological polar surface area (TPSA) is 36.3 Å². The largest absolute Gasteiger partial charge is 0.465 e. The maximum absolute atomic E-state index is 5.52. The molecule has 0 aliphatic heterocycles. The van der Waals surface area contributed by atoms with Crippen molar-refractivity contribution in [3.63, 3.8) is 0 Å². The summed E-state index contributed by atoms with van der Waals surface area (Å²) in [5.74, 6) is 1.24. The van der Waals surface area contributed by atoms with E-state index in [1.807, 2.05) is 24.0 Å². The van der Waals surface area contributed by atoms with Crippen molar-refractivity contribution in [1.82, 2.24) is 9.78 Å². The zero-order chi connectivity index (χ0) is 12.4. The van der Waals surface area contributed by atoms with Gasteiger partial charge >= 0.3 is 0 Å². The molecular formula is C13H18N2O2. The molecule has 0 aliphatic rings. The summed E-state index contributed by atoms with van der Waals surface area (Å²) in [6.07, 6.45) is 2.03. The Morgan fingerprint density at radius 1 is 1.35 bits per heavy atom. The van der Waals surface area contributed by atoms with Crippen molar-refractivity contribution in [2.75, 3.05) is 13.9 Å². The third kappa shape index (κ3) is 2.26. The van der Waals surface area contributed by atoms with E-state index in [1.165, 1.54) is 5.56 Å². The smallest absolute Gasteiger partial charge is 0.188 e. The van der Waals surface area contributed by atoms with E-state index < -0.39 is 0 Å². The van der Waals surface area contributed by atoms with Crippen LogP contribution in [0.1, 0.15) is 25.3 Å². The first-order valence-corrected chi connectivity index (χ1v) is 5.71. The lowest BCUT2D eigenvalue weighted by molar-refractivity contribution is 0.0520. The highest BCUT2D eigenvalue weighted by atomic mass is 16.7. The van der Waals surface area contributed by atoms with Gasteiger partial charge in [0.1, 0.15) is 5.52 Å². The summed E-state index contributed by atoms with van der Waals surface area (Å²) in [6, 6.07) is 4.06. The number of nitrogens with zero attached hydrogens (tertiary/aromatic N) is 2. The van der Waals surface area contributed by atoms with Crippen molar-refractivity contribution < 1.29 is 9.47 Å². The first-order valence-electron chi connectivity index (χ1n) is 5.71. The SMILES string of the molecule is COCOc1ccc(C(C)C)c2cn(C)nc12. The summed E-state index contributed by atoms with van der Waals surface area (Å²) in [5.41, 5.74) is 2.19. The van der Waals surface area contributed by atoms with Crippen LogP contribution in [-0.4, -0.2) is 23.7 Å². The summed E-state index contributed by atoms with van der Waals surface area (Å²) in [6.45, 7) is 4.60. The molecule has 0 unspecified atom stereocenters. The monoisotopic (exact) mass is 234 g/mol. The molecule has 1 aromatic carbocycles. The highest BCUT2D eigenvalue weighted by molar-refractivity contribution is 5.87. The predicted octanol–water partition coefficient (Wildman–Crippen LogP) is 2.68. The molecule has 2 rings (SSSR count). The lowest BCUT2D eigenvalue weighted by Gasteiger charge is -2.10. The van der Waals surface area contributed by atoms with Crippen LogP contribution in [-0.2, 0) is 11.8 Å². The molecule has 0 N–H and O–H groups in total. The van der Waals surface area contributed by atoms with Crippen LogP contribution >= 0.6 is 0 Å². The molecule has 4 heteroatoms. The molecule has 0 radical (unpaired) electrons. The number of hydrogen-bond acceptors (Lipinski definition) is 3. The molecule has 4 nitrogen and oxygen atoms in total. The van der Waals surface area contributed by atoms with Crippen LogP contribution in [0.2, 0.25) is 0 Å². The third-order valence-corrected chi connectivity index (χ3v) is 2.74. The number of methoxy groups -OCH3 is 1. The maximum atomic E-state index is 5.52. The van der Waals surface area contributed by atoms with Gasteiger partial charge in [0.05, 0.1) is 0 Å². The first kappa shape index (κ1) is 11.9. The van der Waals surface area contributed by atoms with Gasteiger partial charge in [0.15, 0.2) is 12.5 Å². The van der Waals surface area contributed by atoms with Gasteiger partial charge in [-0.15, -0.1) is 0 Å². The Kier molecular flexibility index (Phi) is 3.33. The van der Waals surface area contributed by atoms with Crippen LogP contribution in [0.5, 0.6) is 5.75 Å². The molecule has 0 fully saturated rings. The number of fused-ring (bicyclic) bond motifs is 1. The highest BCUT2D eigenvalue weighted by Crippen LogP contribution is 2.31. The molecule has 17 heavy (non-hydrogen) atoms. The van der Waals surface area contributed by atoms with E-state index in [0.717, 1.165) is 16.7 Å². The van der Waals surface area contributed by atoms with Crippen molar-refractivity contribution in [3.05, 3.63) is 23.9 Å². The molecule has 0 spiro atoms.